The summed E-state index contributed by atoms with van der Waals surface area (Å²) in [5.41, 5.74) is 2.78. The lowest BCUT2D eigenvalue weighted by atomic mass is 9.89. The molecule has 1 aliphatic heterocycles. The molecule has 0 atom stereocenters. The molecule has 1 aromatic heterocycles. The van der Waals surface area contributed by atoms with Gasteiger partial charge in [-0.1, -0.05) is 29.4 Å². The SMILES string of the molecule is CN1CCC(c2ccc(-c3cc(C(=O)O)on3)cc2)CC1. The van der Waals surface area contributed by atoms with E-state index in [2.05, 4.69) is 29.2 Å². The molecule has 1 N–H and O–H groups in total. The molecule has 5 heteroatoms. The third-order valence-corrected chi connectivity index (χ3v) is 4.12. The highest BCUT2D eigenvalue weighted by Crippen LogP contribution is 2.29. The highest BCUT2D eigenvalue weighted by molar-refractivity contribution is 5.85. The zero-order valence-electron chi connectivity index (χ0n) is 12.0. The molecule has 1 aliphatic rings. The predicted octanol–water partition coefficient (Wildman–Crippen LogP) is 2.85. The number of benzene rings is 1. The Balaban J connectivity index is 1.75. The first kappa shape index (κ1) is 13.8. The summed E-state index contributed by atoms with van der Waals surface area (Å²) in [7, 11) is 2.16. The number of carbonyl (C=O) groups is 1. The molecule has 2 heterocycles. The molecule has 110 valence electrons. The Labute approximate surface area is 123 Å². The Morgan fingerprint density at radius 2 is 1.95 bits per heavy atom. The average molecular weight is 286 g/mol. The number of nitrogens with zero attached hydrogens (tertiary/aromatic N) is 2. The first-order valence-corrected chi connectivity index (χ1v) is 7.12. The van der Waals surface area contributed by atoms with E-state index in [1.165, 1.54) is 24.5 Å². The third-order valence-electron chi connectivity index (χ3n) is 4.12. The smallest absolute Gasteiger partial charge is 0.374 e. The fourth-order valence-electron chi connectivity index (χ4n) is 2.78. The quantitative estimate of drug-likeness (QED) is 0.939. The minimum atomic E-state index is -1.10. The molecule has 2 aromatic rings. The predicted molar refractivity (Wildman–Crippen MR) is 78.4 cm³/mol. The molecule has 21 heavy (non-hydrogen) atoms. The summed E-state index contributed by atoms with van der Waals surface area (Å²) in [6, 6.07) is 9.64. The topological polar surface area (TPSA) is 66.6 Å². The normalized spacial score (nSPS) is 17.0. The average Bonchev–Trinajstić information content (AvgIpc) is 2.98. The minimum absolute atomic E-state index is 0.135. The second-order valence-corrected chi connectivity index (χ2v) is 5.58. The van der Waals surface area contributed by atoms with Crippen molar-refractivity contribution in [3.8, 4) is 11.3 Å². The molecule has 0 aliphatic carbocycles. The van der Waals surface area contributed by atoms with E-state index in [-0.39, 0.29) is 5.76 Å². The maximum Gasteiger partial charge on any atom is 0.374 e. The third kappa shape index (κ3) is 2.97. The molecule has 0 amide bonds. The van der Waals surface area contributed by atoms with Crippen molar-refractivity contribution in [3.63, 3.8) is 0 Å². The van der Waals surface area contributed by atoms with Gasteiger partial charge in [-0.15, -0.1) is 0 Å². The van der Waals surface area contributed by atoms with Gasteiger partial charge in [0.15, 0.2) is 0 Å². The number of hydrogen-bond donors (Lipinski definition) is 1. The largest absolute Gasteiger partial charge is 0.475 e. The summed E-state index contributed by atoms with van der Waals surface area (Å²) in [5, 5.41) is 12.6. The monoisotopic (exact) mass is 286 g/mol. The molecular formula is C16H18N2O3. The molecular weight excluding hydrogens is 268 g/mol. The Bertz CT molecular complexity index is 625. The van der Waals surface area contributed by atoms with Crippen molar-refractivity contribution >= 4 is 5.97 Å². The van der Waals surface area contributed by atoms with Crippen LogP contribution in [0.1, 0.15) is 34.9 Å². The molecule has 1 aromatic carbocycles. The second kappa shape index (κ2) is 5.69. The van der Waals surface area contributed by atoms with E-state index < -0.39 is 5.97 Å². The molecule has 5 nitrogen and oxygen atoms in total. The van der Waals surface area contributed by atoms with Crippen LogP contribution < -0.4 is 0 Å². The molecule has 0 radical (unpaired) electrons. The van der Waals surface area contributed by atoms with Crippen LogP contribution in [-0.4, -0.2) is 41.3 Å². The zero-order chi connectivity index (χ0) is 14.8. The van der Waals surface area contributed by atoms with Gasteiger partial charge in [0, 0.05) is 11.6 Å². The Morgan fingerprint density at radius 1 is 1.29 bits per heavy atom. The highest BCUT2D eigenvalue weighted by atomic mass is 16.5. The Kier molecular flexibility index (Phi) is 3.75. The maximum atomic E-state index is 10.8. The molecule has 0 unspecified atom stereocenters. The Hall–Kier alpha value is -2.14. The minimum Gasteiger partial charge on any atom is -0.475 e. The van der Waals surface area contributed by atoms with Gasteiger partial charge in [0.05, 0.1) is 0 Å². The first-order chi connectivity index (χ1) is 10.1. The first-order valence-electron chi connectivity index (χ1n) is 7.12. The van der Waals surface area contributed by atoms with Gasteiger partial charge >= 0.3 is 5.97 Å². The van der Waals surface area contributed by atoms with Crippen molar-refractivity contribution in [1.29, 1.82) is 0 Å². The maximum absolute atomic E-state index is 10.8. The molecule has 0 saturated carbocycles. The van der Waals surface area contributed by atoms with Gasteiger partial charge in [0.2, 0.25) is 5.76 Å². The zero-order valence-corrected chi connectivity index (χ0v) is 12.0. The van der Waals surface area contributed by atoms with Crippen LogP contribution in [0.5, 0.6) is 0 Å². The molecule has 0 bridgehead atoms. The van der Waals surface area contributed by atoms with Crippen molar-refractivity contribution < 1.29 is 14.4 Å². The fraction of sp³-hybridized carbons (Fsp3) is 0.375. The van der Waals surface area contributed by atoms with E-state index in [1.807, 2.05) is 12.1 Å². The van der Waals surface area contributed by atoms with E-state index in [1.54, 1.807) is 0 Å². The summed E-state index contributed by atoms with van der Waals surface area (Å²) in [6.45, 7) is 2.27. The number of aromatic nitrogens is 1. The van der Waals surface area contributed by atoms with Gasteiger partial charge in [-0.3, -0.25) is 0 Å². The van der Waals surface area contributed by atoms with Crippen LogP contribution in [0.3, 0.4) is 0 Å². The molecule has 1 fully saturated rings. The van der Waals surface area contributed by atoms with Gasteiger partial charge in [-0.25, -0.2) is 4.79 Å². The summed E-state index contributed by atoms with van der Waals surface area (Å²) in [6.07, 6.45) is 2.37. The van der Waals surface area contributed by atoms with Gasteiger partial charge in [0.1, 0.15) is 5.69 Å². The number of carboxylic acids is 1. The van der Waals surface area contributed by atoms with Gasteiger partial charge < -0.3 is 14.5 Å². The lowest BCUT2D eigenvalue weighted by Gasteiger charge is -2.29. The lowest BCUT2D eigenvalue weighted by Crippen LogP contribution is -2.29. The molecule has 1 saturated heterocycles. The van der Waals surface area contributed by atoms with Crippen LogP contribution >= 0.6 is 0 Å². The number of rotatable bonds is 3. The van der Waals surface area contributed by atoms with Crippen LogP contribution in [0.25, 0.3) is 11.3 Å². The van der Waals surface area contributed by atoms with Crippen LogP contribution in [0.4, 0.5) is 0 Å². The fourth-order valence-corrected chi connectivity index (χ4v) is 2.78. The van der Waals surface area contributed by atoms with E-state index in [0.717, 1.165) is 18.7 Å². The van der Waals surface area contributed by atoms with Crippen molar-refractivity contribution in [1.82, 2.24) is 10.1 Å². The summed E-state index contributed by atoms with van der Waals surface area (Å²) >= 11 is 0. The van der Waals surface area contributed by atoms with Crippen LogP contribution in [-0.2, 0) is 0 Å². The van der Waals surface area contributed by atoms with Crippen molar-refractivity contribution in [2.24, 2.45) is 0 Å². The van der Waals surface area contributed by atoms with Crippen LogP contribution in [0.2, 0.25) is 0 Å². The molecule has 3 rings (SSSR count). The van der Waals surface area contributed by atoms with Crippen LogP contribution in [0.15, 0.2) is 34.9 Å². The van der Waals surface area contributed by atoms with Gasteiger partial charge in [0.25, 0.3) is 0 Å². The highest BCUT2D eigenvalue weighted by Gasteiger charge is 2.18. The standard InChI is InChI=1S/C16H18N2O3/c1-18-8-6-12(7-9-18)11-2-4-13(5-3-11)14-10-15(16(19)20)21-17-14/h2-5,10,12H,6-9H2,1H3,(H,19,20). The second-order valence-electron chi connectivity index (χ2n) is 5.58. The summed E-state index contributed by atoms with van der Waals surface area (Å²) in [4.78, 5) is 13.1. The lowest BCUT2D eigenvalue weighted by molar-refractivity contribution is 0.0652. The molecule has 0 spiro atoms. The van der Waals surface area contributed by atoms with Gasteiger partial charge in [-0.2, -0.15) is 0 Å². The van der Waals surface area contributed by atoms with E-state index in [0.29, 0.717) is 11.6 Å². The number of hydrogen-bond acceptors (Lipinski definition) is 4. The van der Waals surface area contributed by atoms with E-state index >= 15 is 0 Å². The van der Waals surface area contributed by atoms with E-state index in [9.17, 15) is 4.79 Å². The van der Waals surface area contributed by atoms with Crippen molar-refractivity contribution in [2.45, 2.75) is 18.8 Å². The number of piperidine rings is 1. The number of carboxylic acid groups (broad SMARTS) is 1. The van der Waals surface area contributed by atoms with E-state index in [4.69, 9.17) is 9.63 Å². The summed E-state index contributed by atoms with van der Waals surface area (Å²) < 4.78 is 4.78. The number of aromatic carboxylic acids is 1. The Morgan fingerprint density at radius 3 is 2.52 bits per heavy atom. The van der Waals surface area contributed by atoms with Crippen LogP contribution in [0, 0.1) is 0 Å². The number of likely N-dealkylation sites (tertiary alicyclic amines) is 1. The van der Waals surface area contributed by atoms with Gasteiger partial charge in [-0.05, 0) is 44.5 Å². The van der Waals surface area contributed by atoms with Crippen molar-refractivity contribution in [3.05, 3.63) is 41.7 Å². The summed E-state index contributed by atoms with van der Waals surface area (Å²) in [5.74, 6) is -0.622. The van der Waals surface area contributed by atoms with Crippen molar-refractivity contribution in [2.75, 3.05) is 20.1 Å².